The molecule has 164 valence electrons. The van der Waals surface area contributed by atoms with Gasteiger partial charge in [-0.05, 0) is 69.4 Å². The lowest BCUT2D eigenvalue weighted by molar-refractivity contribution is -0.160. The van der Waals surface area contributed by atoms with E-state index in [-0.39, 0.29) is 25.4 Å². The summed E-state index contributed by atoms with van der Waals surface area (Å²) in [5, 5.41) is 0. The average molecular weight is 434 g/mol. The smallest absolute Gasteiger partial charge is 0.469 e. The van der Waals surface area contributed by atoms with Crippen molar-refractivity contribution in [3.63, 3.8) is 0 Å². The van der Waals surface area contributed by atoms with E-state index in [1.165, 1.54) is 21.0 Å². The third-order valence-electron chi connectivity index (χ3n) is 4.11. The molecule has 0 aromatic heterocycles. The summed E-state index contributed by atoms with van der Waals surface area (Å²) in [6.07, 6.45) is -0.170. The van der Waals surface area contributed by atoms with Crippen LogP contribution in [0.4, 0.5) is 3.89 Å². The van der Waals surface area contributed by atoms with E-state index in [1.807, 2.05) is 0 Å². The molecule has 0 atom stereocenters. The fourth-order valence-electron chi connectivity index (χ4n) is 2.83. The first kappa shape index (κ1) is 24.8. The maximum atomic E-state index is 13.2. The lowest BCUT2D eigenvalue weighted by Gasteiger charge is -2.21. The topological polar surface area (TPSA) is 105 Å². The number of hydrogen-bond acceptors (Lipinski definition) is 8. The molecule has 0 bridgehead atoms. The van der Waals surface area contributed by atoms with Crippen LogP contribution in [0, 0.1) is 20.8 Å². The summed E-state index contributed by atoms with van der Waals surface area (Å²) in [7, 11) is -4.07. The van der Waals surface area contributed by atoms with Gasteiger partial charge >= 0.3 is 22.4 Å². The predicted octanol–water partition coefficient (Wildman–Crippen LogP) is 2.78. The molecule has 0 spiro atoms. The number of rotatable bonds is 8. The number of hydrogen-bond donors (Lipinski definition) is 0. The van der Waals surface area contributed by atoms with Crippen molar-refractivity contribution in [1.82, 2.24) is 0 Å². The van der Waals surface area contributed by atoms with Crippen molar-refractivity contribution >= 4 is 22.4 Å². The number of esters is 2. The fourth-order valence-corrected chi connectivity index (χ4v) is 3.28. The van der Waals surface area contributed by atoms with E-state index in [0.717, 1.165) is 0 Å². The molecule has 0 fully saturated rings. The summed E-state index contributed by atoms with van der Waals surface area (Å²) >= 11 is 0. The second kappa shape index (κ2) is 9.53. The molecule has 0 unspecified atom stereocenters. The van der Waals surface area contributed by atoms with E-state index in [4.69, 9.17) is 9.47 Å². The zero-order valence-electron chi connectivity index (χ0n) is 17.7. The van der Waals surface area contributed by atoms with Crippen LogP contribution in [0.3, 0.4) is 0 Å². The molecular weight excluding hydrogens is 407 g/mol. The van der Waals surface area contributed by atoms with Crippen LogP contribution < -0.4 is 4.18 Å². The Labute approximate surface area is 170 Å². The lowest BCUT2D eigenvalue weighted by Crippen LogP contribution is -2.26. The second-order valence-electron chi connectivity index (χ2n) is 7.47. The molecule has 1 aromatic rings. The van der Waals surface area contributed by atoms with Crippen LogP contribution in [0.5, 0.6) is 5.75 Å². The normalized spacial score (nSPS) is 11.9. The minimum atomic E-state index is -5.29. The molecule has 1 rings (SSSR count). The number of carbonyl (C=O) groups excluding carboxylic acids is 2. The van der Waals surface area contributed by atoms with Crippen LogP contribution in [0.2, 0.25) is 0 Å². The SMILES string of the molecule is COC(=O)Cc1c(C)c(COCC(=O)OC(C)(C)C)c(C)c(OS(=O)(=O)F)c1C. The lowest BCUT2D eigenvalue weighted by atomic mass is 9.91. The third-order valence-corrected chi connectivity index (χ3v) is 4.48. The third kappa shape index (κ3) is 7.62. The van der Waals surface area contributed by atoms with Gasteiger partial charge in [-0.1, -0.05) is 3.89 Å². The number of methoxy groups -OCH3 is 1. The maximum absolute atomic E-state index is 13.2. The molecule has 29 heavy (non-hydrogen) atoms. The van der Waals surface area contributed by atoms with Gasteiger partial charge in [-0.2, -0.15) is 8.42 Å². The minimum Gasteiger partial charge on any atom is -0.469 e. The molecule has 0 aliphatic rings. The van der Waals surface area contributed by atoms with Gasteiger partial charge in [0.2, 0.25) is 0 Å². The Bertz CT molecular complexity index is 885. The molecule has 0 N–H and O–H groups in total. The summed E-state index contributed by atoms with van der Waals surface area (Å²) < 4.78 is 55.1. The van der Waals surface area contributed by atoms with Gasteiger partial charge in [-0.25, -0.2) is 4.79 Å². The van der Waals surface area contributed by atoms with E-state index in [2.05, 4.69) is 8.92 Å². The van der Waals surface area contributed by atoms with Gasteiger partial charge in [0, 0.05) is 0 Å². The zero-order valence-corrected chi connectivity index (χ0v) is 18.5. The van der Waals surface area contributed by atoms with Gasteiger partial charge < -0.3 is 18.4 Å². The Kier molecular flexibility index (Phi) is 8.16. The molecule has 0 radical (unpaired) electrons. The molecule has 0 saturated carbocycles. The van der Waals surface area contributed by atoms with Crippen molar-refractivity contribution in [3.05, 3.63) is 27.8 Å². The van der Waals surface area contributed by atoms with Gasteiger partial charge in [-0.3, -0.25) is 4.79 Å². The van der Waals surface area contributed by atoms with Crippen LogP contribution in [-0.2, 0) is 47.3 Å². The molecule has 1 aromatic carbocycles. The standard InChI is InChI=1S/C19H27FO8S/c1-11-14(8-16(21)25-7)12(2)18(28-29(20,23)24)13(3)15(11)9-26-10-17(22)27-19(4,5)6/h8-10H2,1-7H3. The number of carbonyl (C=O) groups is 2. The van der Waals surface area contributed by atoms with Crippen LogP contribution in [0.15, 0.2) is 0 Å². The first-order chi connectivity index (χ1) is 13.2. The Hall–Kier alpha value is -2.20. The molecule has 0 aliphatic heterocycles. The van der Waals surface area contributed by atoms with Gasteiger partial charge in [0.25, 0.3) is 0 Å². The van der Waals surface area contributed by atoms with Gasteiger partial charge in [-0.15, -0.1) is 0 Å². The van der Waals surface area contributed by atoms with E-state index in [0.29, 0.717) is 27.8 Å². The highest BCUT2D eigenvalue weighted by molar-refractivity contribution is 7.81. The molecule has 10 heteroatoms. The second-order valence-corrected chi connectivity index (χ2v) is 8.42. The number of halogens is 1. The van der Waals surface area contributed by atoms with Crippen LogP contribution in [0.1, 0.15) is 48.6 Å². The molecule has 0 amide bonds. The van der Waals surface area contributed by atoms with Gasteiger partial charge in [0.05, 0.1) is 20.1 Å². The van der Waals surface area contributed by atoms with Crippen molar-refractivity contribution in [2.75, 3.05) is 13.7 Å². The van der Waals surface area contributed by atoms with Crippen molar-refractivity contribution < 1.29 is 40.3 Å². The van der Waals surface area contributed by atoms with Crippen LogP contribution in [-0.4, -0.2) is 39.7 Å². The van der Waals surface area contributed by atoms with Crippen molar-refractivity contribution in [2.24, 2.45) is 0 Å². The van der Waals surface area contributed by atoms with E-state index < -0.39 is 28.0 Å². The van der Waals surface area contributed by atoms with E-state index in [1.54, 1.807) is 27.7 Å². The number of benzene rings is 1. The highest BCUT2D eigenvalue weighted by atomic mass is 32.3. The fraction of sp³-hybridized carbons (Fsp3) is 0.579. The quantitative estimate of drug-likeness (QED) is 0.454. The van der Waals surface area contributed by atoms with Gasteiger partial charge in [0.15, 0.2) is 5.75 Å². The summed E-state index contributed by atoms with van der Waals surface area (Å²) in [5.74, 6) is -1.36. The number of ether oxygens (including phenoxy) is 3. The van der Waals surface area contributed by atoms with Crippen molar-refractivity contribution in [1.29, 1.82) is 0 Å². The summed E-state index contributed by atoms with van der Waals surface area (Å²) in [6, 6.07) is 0. The predicted molar refractivity (Wildman–Crippen MR) is 103 cm³/mol. The molecule has 0 heterocycles. The Balaban J connectivity index is 3.27. The minimum absolute atomic E-state index is 0.103. The van der Waals surface area contributed by atoms with Gasteiger partial charge in [0.1, 0.15) is 12.2 Å². The average Bonchev–Trinajstić information content (AvgIpc) is 2.56. The highest BCUT2D eigenvalue weighted by Gasteiger charge is 2.24. The van der Waals surface area contributed by atoms with E-state index >= 15 is 0 Å². The first-order valence-electron chi connectivity index (χ1n) is 8.78. The Morgan fingerprint density at radius 2 is 1.52 bits per heavy atom. The largest absolute Gasteiger partial charge is 0.488 e. The zero-order chi connectivity index (χ0) is 22.6. The first-order valence-corrected chi connectivity index (χ1v) is 10.1. The summed E-state index contributed by atoms with van der Waals surface area (Å²) in [4.78, 5) is 23.6. The highest BCUT2D eigenvalue weighted by Crippen LogP contribution is 2.35. The Morgan fingerprint density at radius 3 is 2.00 bits per heavy atom. The molecule has 0 aliphatic carbocycles. The van der Waals surface area contributed by atoms with E-state index in [9.17, 15) is 21.9 Å². The summed E-state index contributed by atoms with van der Waals surface area (Å²) in [6.45, 7) is 9.48. The molecule has 8 nitrogen and oxygen atoms in total. The van der Waals surface area contributed by atoms with Crippen LogP contribution >= 0.6 is 0 Å². The maximum Gasteiger partial charge on any atom is 0.488 e. The van der Waals surface area contributed by atoms with Crippen molar-refractivity contribution in [3.8, 4) is 5.75 Å². The summed E-state index contributed by atoms with van der Waals surface area (Å²) in [5.41, 5.74) is 1.47. The monoisotopic (exact) mass is 434 g/mol. The Morgan fingerprint density at radius 1 is 0.966 bits per heavy atom. The van der Waals surface area contributed by atoms with Crippen LogP contribution in [0.25, 0.3) is 0 Å². The molecule has 0 saturated heterocycles. The van der Waals surface area contributed by atoms with Crippen molar-refractivity contribution in [2.45, 2.75) is 60.2 Å². The molecular formula is C19H27FO8S.